The fourth-order valence-corrected chi connectivity index (χ4v) is 4.62. The van der Waals surface area contributed by atoms with E-state index in [1.807, 2.05) is 0 Å². The number of amidine groups is 1. The quantitative estimate of drug-likeness (QED) is 0.284. The number of aliphatic imine (C=N–C) groups is 1. The van der Waals surface area contributed by atoms with Crippen molar-refractivity contribution in [2.75, 3.05) is 26.9 Å². The van der Waals surface area contributed by atoms with Crippen molar-refractivity contribution in [2.24, 2.45) is 4.99 Å². The Hall–Kier alpha value is -3.27. The summed E-state index contributed by atoms with van der Waals surface area (Å²) < 4.78 is 51.3. The van der Waals surface area contributed by atoms with Gasteiger partial charge in [0.25, 0.3) is 0 Å². The molecule has 11 heteroatoms. The van der Waals surface area contributed by atoms with E-state index in [1.165, 1.54) is 18.1 Å². The minimum absolute atomic E-state index is 0.0348. The van der Waals surface area contributed by atoms with E-state index >= 15 is 0 Å². The lowest BCUT2D eigenvalue weighted by atomic mass is 9.94. The second-order valence-corrected chi connectivity index (χ2v) is 9.55. The summed E-state index contributed by atoms with van der Waals surface area (Å²) in [6.07, 6.45) is -4.57. The van der Waals surface area contributed by atoms with Gasteiger partial charge in [-0.25, -0.2) is 4.79 Å². The van der Waals surface area contributed by atoms with Gasteiger partial charge in [0.15, 0.2) is 0 Å². The second-order valence-electron chi connectivity index (χ2n) is 8.68. The SMILES string of the molecule is CCOc1cc(C(F)(F)F)ccc1C1=NC(c2ccc(Cl)cc2)C(c2ccc(Cl)cc2)N1C(=O)NCCOC. The minimum Gasteiger partial charge on any atom is -0.493 e. The molecular formula is C28H26Cl2F3N3O3. The number of carbonyl (C=O) groups excluding carboxylic acids is 1. The van der Waals surface area contributed by atoms with Gasteiger partial charge in [0.2, 0.25) is 0 Å². The van der Waals surface area contributed by atoms with E-state index in [9.17, 15) is 18.0 Å². The zero-order chi connectivity index (χ0) is 28.2. The molecule has 0 saturated heterocycles. The number of rotatable bonds is 8. The molecule has 0 aromatic heterocycles. The number of nitrogens with one attached hydrogen (secondary N) is 1. The van der Waals surface area contributed by atoms with Crippen molar-refractivity contribution >= 4 is 35.1 Å². The van der Waals surface area contributed by atoms with Crippen LogP contribution in [0.25, 0.3) is 0 Å². The van der Waals surface area contributed by atoms with Crippen LogP contribution in [0, 0.1) is 0 Å². The van der Waals surface area contributed by atoms with Crippen LogP contribution in [0.4, 0.5) is 18.0 Å². The van der Waals surface area contributed by atoms with E-state index in [4.69, 9.17) is 37.7 Å². The number of amides is 2. The van der Waals surface area contributed by atoms with Gasteiger partial charge in [-0.3, -0.25) is 9.89 Å². The molecule has 39 heavy (non-hydrogen) atoms. The van der Waals surface area contributed by atoms with E-state index in [0.29, 0.717) is 10.0 Å². The fraction of sp³-hybridized carbons (Fsp3) is 0.286. The first-order valence-corrected chi connectivity index (χ1v) is 12.9. The van der Waals surface area contributed by atoms with Crippen LogP contribution in [-0.2, 0) is 10.9 Å². The molecule has 1 aliphatic heterocycles. The molecule has 3 aromatic carbocycles. The summed E-state index contributed by atoms with van der Waals surface area (Å²) in [5.41, 5.74) is 0.869. The number of urea groups is 1. The predicted octanol–water partition coefficient (Wildman–Crippen LogP) is 7.31. The van der Waals surface area contributed by atoms with Crippen LogP contribution >= 0.6 is 23.2 Å². The highest BCUT2D eigenvalue weighted by Gasteiger charge is 2.43. The van der Waals surface area contributed by atoms with E-state index in [-0.39, 0.29) is 36.9 Å². The van der Waals surface area contributed by atoms with Gasteiger partial charge in [0.1, 0.15) is 17.6 Å². The van der Waals surface area contributed by atoms with Gasteiger partial charge in [-0.1, -0.05) is 47.5 Å². The summed E-state index contributed by atoms with van der Waals surface area (Å²) in [4.78, 5) is 20.1. The van der Waals surface area contributed by atoms with Gasteiger partial charge >= 0.3 is 12.2 Å². The van der Waals surface area contributed by atoms with Gasteiger partial charge in [0.05, 0.1) is 30.4 Å². The van der Waals surface area contributed by atoms with Gasteiger partial charge in [-0.05, 0) is 60.5 Å². The Morgan fingerprint density at radius 2 is 1.62 bits per heavy atom. The Bertz CT molecular complexity index is 1330. The molecule has 0 spiro atoms. The highest BCUT2D eigenvalue weighted by molar-refractivity contribution is 6.30. The van der Waals surface area contributed by atoms with Crippen LogP contribution in [0.2, 0.25) is 10.0 Å². The Morgan fingerprint density at radius 3 is 2.18 bits per heavy atom. The van der Waals surface area contributed by atoms with E-state index in [1.54, 1.807) is 55.5 Å². The number of nitrogens with zero attached hydrogens (tertiary/aromatic N) is 2. The fourth-order valence-electron chi connectivity index (χ4n) is 4.37. The number of hydrogen-bond donors (Lipinski definition) is 1. The molecule has 1 N–H and O–H groups in total. The van der Waals surface area contributed by atoms with Crippen molar-refractivity contribution in [3.05, 3.63) is 99.0 Å². The molecule has 0 aliphatic carbocycles. The summed E-state index contributed by atoms with van der Waals surface area (Å²) in [6.45, 7) is 2.26. The molecule has 206 valence electrons. The Labute approximate surface area is 234 Å². The van der Waals surface area contributed by atoms with Gasteiger partial charge in [-0.15, -0.1) is 0 Å². The summed E-state index contributed by atoms with van der Waals surface area (Å²) >= 11 is 12.3. The first kappa shape index (κ1) is 28.7. The smallest absolute Gasteiger partial charge is 0.416 e. The lowest BCUT2D eigenvalue weighted by Crippen LogP contribution is -2.45. The highest BCUT2D eigenvalue weighted by atomic mass is 35.5. The molecule has 1 heterocycles. The summed E-state index contributed by atoms with van der Waals surface area (Å²) in [5, 5.41) is 3.86. The Morgan fingerprint density at radius 1 is 1.00 bits per heavy atom. The van der Waals surface area contributed by atoms with Gasteiger partial charge < -0.3 is 14.8 Å². The molecule has 2 amide bonds. The molecule has 1 aliphatic rings. The van der Waals surface area contributed by atoms with Crippen LogP contribution in [0.15, 0.2) is 71.7 Å². The van der Waals surface area contributed by atoms with Crippen LogP contribution in [0.3, 0.4) is 0 Å². The standard InChI is InChI=1S/C28H26Cl2F3N3O3/c1-3-39-23-16-19(28(31,32)33)8-13-22(23)26-35-24(17-4-9-20(29)10-5-17)25(18-6-11-21(30)12-7-18)36(26)27(37)34-14-15-38-2/h4-13,16,24-25H,3,14-15H2,1-2H3,(H,34,37). The van der Waals surface area contributed by atoms with E-state index < -0.39 is 29.9 Å². The number of alkyl halides is 3. The monoisotopic (exact) mass is 579 g/mol. The lowest BCUT2D eigenvalue weighted by molar-refractivity contribution is -0.137. The van der Waals surface area contributed by atoms with Crippen LogP contribution in [0.5, 0.6) is 5.75 Å². The van der Waals surface area contributed by atoms with Gasteiger partial charge in [-0.2, -0.15) is 13.2 Å². The topological polar surface area (TPSA) is 63.2 Å². The molecule has 2 atom stereocenters. The third-order valence-corrected chi connectivity index (χ3v) is 6.64. The molecule has 0 fully saturated rings. The Balaban J connectivity index is 1.91. The van der Waals surface area contributed by atoms with Crippen LogP contribution < -0.4 is 10.1 Å². The van der Waals surface area contributed by atoms with Crippen molar-refractivity contribution in [1.29, 1.82) is 0 Å². The maximum atomic E-state index is 13.7. The van der Waals surface area contributed by atoms with Crippen molar-refractivity contribution < 1.29 is 27.4 Å². The van der Waals surface area contributed by atoms with E-state index in [2.05, 4.69) is 5.32 Å². The maximum absolute atomic E-state index is 13.7. The molecule has 3 aromatic rings. The molecular weight excluding hydrogens is 554 g/mol. The van der Waals surface area contributed by atoms with E-state index in [0.717, 1.165) is 23.3 Å². The van der Waals surface area contributed by atoms with Crippen molar-refractivity contribution in [3.8, 4) is 5.75 Å². The van der Waals surface area contributed by atoms with Crippen LogP contribution in [-0.4, -0.2) is 43.6 Å². The van der Waals surface area contributed by atoms with Crippen molar-refractivity contribution in [3.63, 3.8) is 0 Å². The first-order valence-electron chi connectivity index (χ1n) is 12.1. The summed E-state index contributed by atoms with van der Waals surface area (Å²) in [6, 6.07) is 15.4. The third kappa shape index (κ3) is 6.49. The maximum Gasteiger partial charge on any atom is 0.416 e. The normalized spacial score (nSPS) is 17.2. The number of carbonyl (C=O) groups is 1. The third-order valence-electron chi connectivity index (χ3n) is 6.14. The second kappa shape index (κ2) is 12.3. The average molecular weight is 580 g/mol. The zero-order valence-corrected chi connectivity index (χ0v) is 22.6. The number of ether oxygens (including phenoxy) is 2. The zero-order valence-electron chi connectivity index (χ0n) is 21.1. The number of benzene rings is 3. The predicted molar refractivity (Wildman–Crippen MR) is 145 cm³/mol. The molecule has 0 saturated carbocycles. The molecule has 2 unspecified atom stereocenters. The number of hydrogen-bond acceptors (Lipinski definition) is 4. The molecule has 0 radical (unpaired) electrons. The van der Waals surface area contributed by atoms with Gasteiger partial charge in [0, 0.05) is 23.7 Å². The molecule has 0 bridgehead atoms. The lowest BCUT2D eigenvalue weighted by Gasteiger charge is -2.30. The molecule has 6 nitrogen and oxygen atoms in total. The largest absolute Gasteiger partial charge is 0.493 e. The van der Waals surface area contributed by atoms with Crippen molar-refractivity contribution in [2.45, 2.75) is 25.2 Å². The first-order chi connectivity index (χ1) is 18.6. The van der Waals surface area contributed by atoms with Crippen LogP contribution in [0.1, 0.15) is 41.3 Å². The minimum atomic E-state index is -4.57. The van der Waals surface area contributed by atoms with Crippen molar-refractivity contribution in [1.82, 2.24) is 10.2 Å². The Kier molecular flexibility index (Phi) is 9.04. The summed E-state index contributed by atoms with van der Waals surface area (Å²) in [5.74, 6) is 0.134. The number of methoxy groups -OCH3 is 1. The summed E-state index contributed by atoms with van der Waals surface area (Å²) in [7, 11) is 1.51. The number of halogens is 5. The highest BCUT2D eigenvalue weighted by Crippen LogP contribution is 2.45. The average Bonchev–Trinajstić information content (AvgIpc) is 3.30. The molecule has 4 rings (SSSR count).